The van der Waals surface area contributed by atoms with Gasteiger partial charge in [0.2, 0.25) is 5.69 Å². The van der Waals surface area contributed by atoms with Crippen molar-refractivity contribution in [3.8, 4) is 0 Å². The topological polar surface area (TPSA) is 158 Å². The number of benzene rings is 3. The number of anilines is 1. The molecule has 1 fully saturated rings. The highest BCUT2D eigenvalue weighted by Gasteiger charge is 2.45. The number of imide groups is 1. The second-order valence-electron chi connectivity index (χ2n) is 22.9. The van der Waals surface area contributed by atoms with Gasteiger partial charge in [0.1, 0.15) is 0 Å². The third kappa shape index (κ3) is 12.1. The summed E-state index contributed by atoms with van der Waals surface area (Å²) in [5, 5.41) is 0.576. The Morgan fingerprint density at radius 1 is 0.764 bits per heavy atom. The minimum absolute atomic E-state index is 0.0191. The molecule has 0 saturated carbocycles. The lowest BCUT2D eigenvalue weighted by molar-refractivity contribution is -0.871. The molecule has 0 aromatic heterocycles. The Kier molecular flexibility index (Phi) is 15.4. The highest BCUT2D eigenvalue weighted by Crippen LogP contribution is 2.49. The zero-order chi connectivity index (χ0) is 52.8. The van der Waals surface area contributed by atoms with E-state index in [0.29, 0.717) is 22.9 Å². The molecule has 16 heteroatoms. The number of quaternary nitrogens is 2. The van der Waals surface area contributed by atoms with Crippen LogP contribution >= 0.6 is 0 Å². The second-order valence-corrected chi connectivity index (χ2v) is 26.3. The third-order valence-electron chi connectivity index (χ3n) is 14.4. The molecule has 14 nitrogen and oxygen atoms in total. The maximum absolute atomic E-state index is 12.8. The molecule has 0 unspecified atom stereocenters. The number of amides is 2. The van der Waals surface area contributed by atoms with Gasteiger partial charge in [-0.3, -0.25) is 14.1 Å². The Morgan fingerprint density at radius 2 is 1.39 bits per heavy atom. The quantitative estimate of drug-likeness (QED) is 0.0570. The van der Waals surface area contributed by atoms with Gasteiger partial charge in [0.05, 0.1) is 83.4 Å². The van der Waals surface area contributed by atoms with Crippen LogP contribution in [0.3, 0.4) is 0 Å². The molecule has 1 aliphatic carbocycles. The molecular weight excluding hydrogens is 951 g/mol. The first-order chi connectivity index (χ1) is 33.5. The van der Waals surface area contributed by atoms with E-state index in [9.17, 15) is 35.8 Å². The molecule has 1 saturated heterocycles. The van der Waals surface area contributed by atoms with Crippen LogP contribution in [0.2, 0.25) is 0 Å². The van der Waals surface area contributed by atoms with Crippen molar-refractivity contribution in [1.82, 2.24) is 5.06 Å². The van der Waals surface area contributed by atoms with Crippen molar-refractivity contribution >= 4 is 60.4 Å². The largest absolute Gasteiger partial charge is 0.344 e. The van der Waals surface area contributed by atoms with Crippen LogP contribution in [0.5, 0.6) is 0 Å². The Morgan fingerprint density at radius 3 is 2.01 bits per heavy atom. The van der Waals surface area contributed by atoms with Gasteiger partial charge in [-0.25, -0.2) is 13.2 Å². The zero-order valence-corrected chi connectivity index (χ0v) is 45.7. The SMILES string of the molecule is CC1(C)C(=CC=C2CCCC(C=CC3=[N+](CCC[N+](C)(C)C)c4ccc(S(C)(=O)=O)cc4C3(C)C)=C2c2ccc(CCC(=O)ON3C(=O)CCC3=O)cc2)N(CCC[N+](C)(C)C)c2ccc(S(=O)(=O)O)cc21. The molecule has 72 heavy (non-hydrogen) atoms. The lowest BCUT2D eigenvalue weighted by Gasteiger charge is -2.29. The van der Waals surface area contributed by atoms with Crippen LogP contribution in [0, 0.1) is 0 Å². The molecular formula is C56H74N5O9S2+3. The number of sulfone groups is 1. The van der Waals surface area contributed by atoms with Crippen molar-refractivity contribution < 1.29 is 54.2 Å². The van der Waals surface area contributed by atoms with Gasteiger partial charge in [-0.05, 0) is 109 Å². The molecule has 3 aliphatic heterocycles. The molecule has 3 aromatic rings. The van der Waals surface area contributed by atoms with Gasteiger partial charge in [0, 0.05) is 66.6 Å². The van der Waals surface area contributed by atoms with Crippen LogP contribution in [0.1, 0.15) is 101 Å². The van der Waals surface area contributed by atoms with Gasteiger partial charge >= 0.3 is 5.97 Å². The van der Waals surface area contributed by atoms with E-state index in [2.05, 4.69) is 116 Å². The standard InChI is InChI=1S/C56H73N5O9S2/c1-55(2)45-37-43(71(11,65)66)24-26-47(45)57(33-13-35-60(5,6)7)49(55)28-22-40-15-12-16-41(54(40)42-20-17-39(18-21-42)19-32-53(64)70-59-51(62)30-31-52(59)63)23-29-50-56(3,4)46-38-44(72(67,68)69)25-27-48(46)58(50)34-14-36-61(8,9)10/h17-18,20-29,37-38H,12-16,19,30-36H2,1-11H3/q+2/p+1. The van der Waals surface area contributed by atoms with E-state index in [1.54, 1.807) is 18.2 Å². The number of aryl methyl sites for hydroxylation is 1. The molecule has 0 atom stereocenters. The molecule has 3 heterocycles. The van der Waals surface area contributed by atoms with Crippen molar-refractivity contribution in [2.24, 2.45) is 0 Å². The zero-order valence-electron chi connectivity index (χ0n) is 44.0. The maximum atomic E-state index is 12.8. The number of hydrogen-bond donors (Lipinski definition) is 1. The molecule has 3 aromatic carbocycles. The van der Waals surface area contributed by atoms with E-state index in [0.717, 1.165) is 122 Å². The summed E-state index contributed by atoms with van der Waals surface area (Å²) >= 11 is 0. The fourth-order valence-electron chi connectivity index (χ4n) is 10.5. The van der Waals surface area contributed by atoms with E-state index < -0.39 is 48.6 Å². The van der Waals surface area contributed by atoms with Gasteiger partial charge in [-0.15, -0.1) is 5.06 Å². The van der Waals surface area contributed by atoms with Crippen LogP contribution in [0.25, 0.3) is 5.57 Å². The summed E-state index contributed by atoms with van der Waals surface area (Å²) in [6.45, 7) is 11.8. The van der Waals surface area contributed by atoms with Crippen molar-refractivity contribution in [1.29, 1.82) is 0 Å². The lowest BCUT2D eigenvalue weighted by atomic mass is 9.79. The number of hydroxylamine groups is 2. The molecule has 1 N–H and O–H groups in total. The van der Waals surface area contributed by atoms with Crippen molar-refractivity contribution in [2.75, 3.05) is 79.6 Å². The normalized spacial score (nSPS) is 19.4. The first kappa shape index (κ1) is 54.3. The van der Waals surface area contributed by atoms with Crippen molar-refractivity contribution in [3.63, 3.8) is 0 Å². The number of carbonyl (C=O) groups is 3. The summed E-state index contributed by atoms with van der Waals surface area (Å²) in [5.41, 5.74) is 9.86. The molecule has 0 spiro atoms. The van der Waals surface area contributed by atoms with Crippen molar-refractivity contribution in [2.45, 2.75) is 106 Å². The maximum Gasteiger partial charge on any atom is 0.333 e. The predicted molar refractivity (Wildman–Crippen MR) is 282 cm³/mol. The number of rotatable bonds is 18. The Hall–Kier alpha value is -5.52. The lowest BCUT2D eigenvalue weighted by Crippen LogP contribution is -2.37. The summed E-state index contributed by atoms with van der Waals surface area (Å²) in [6, 6.07) is 18.5. The molecule has 0 radical (unpaired) electrons. The van der Waals surface area contributed by atoms with Gasteiger partial charge in [0.15, 0.2) is 22.1 Å². The van der Waals surface area contributed by atoms with Crippen LogP contribution in [0.4, 0.5) is 11.4 Å². The number of allylic oxidation sites excluding steroid dienone is 8. The third-order valence-corrected chi connectivity index (χ3v) is 16.3. The van der Waals surface area contributed by atoms with Gasteiger partial charge < -0.3 is 18.7 Å². The van der Waals surface area contributed by atoms with Crippen LogP contribution in [-0.2, 0) is 56.4 Å². The highest BCUT2D eigenvalue weighted by atomic mass is 32.2. The summed E-state index contributed by atoms with van der Waals surface area (Å²) in [5.74, 6) is -1.69. The minimum atomic E-state index is -4.44. The van der Waals surface area contributed by atoms with Crippen LogP contribution < -0.4 is 4.90 Å². The van der Waals surface area contributed by atoms with Gasteiger partial charge in [-0.2, -0.15) is 13.0 Å². The Bertz CT molecular complexity index is 3040. The Labute approximate surface area is 427 Å². The molecule has 2 amide bonds. The van der Waals surface area contributed by atoms with E-state index in [-0.39, 0.29) is 24.2 Å². The summed E-state index contributed by atoms with van der Waals surface area (Å²) in [6.07, 6.45) is 14.7. The number of fused-ring (bicyclic) bond motifs is 2. The predicted octanol–water partition coefficient (Wildman–Crippen LogP) is 8.25. The molecule has 386 valence electrons. The van der Waals surface area contributed by atoms with Crippen LogP contribution in [-0.4, -0.2) is 138 Å². The van der Waals surface area contributed by atoms with Gasteiger partial charge in [-0.1, -0.05) is 50.3 Å². The second kappa shape index (κ2) is 20.4. The highest BCUT2D eigenvalue weighted by molar-refractivity contribution is 7.90. The fraction of sp³-hybridized carbons (Fsp3) is 0.464. The number of carbonyl (C=O) groups excluding carboxylic acids is 3. The van der Waals surface area contributed by atoms with E-state index >= 15 is 0 Å². The monoisotopic (exact) mass is 1020 g/mol. The molecule has 0 bridgehead atoms. The first-order valence-electron chi connectivity index (χ1n) is 24.9. The van der Waals surface area contributed by atoms with E-state index in [4.69, 9.17) is 4.84 Å². The number of hydrogen-bond acceptors (Lipinski definition) is 9. The minimum Gasteiger partial charge on any atom is -0.344 e. The summed E-state index contributed by atoms with van der Waals surface area (Å²) in [7, 11) is 5.15. The number of nitrogens with zero attached hydrogens (tertiary/aromatic N) is 5. The van der Waals surface area contributed by atoms with Crippen LogP contribution in [0.15, 0.2) is 112 Å². The average Bonchev–Trinajstić information content (AvgIpc) is 3.79. The van der Waals surface area contributed by atoms with Crippen molar-refractivity contribution in [3.05, 3.63) is 124 Å². The molecule has 7 rings (SSSR count). The summed E-state index contributed by atoms with van der Waals surface area (Å²) in [4.78, 5) is 44.5. The van der Waals surface area contributed by atoms with Gasteiger partial charge in [0.25, 0.3) is 21.9 Å². The van der Waals surface area contributed by atoms with E-state index in [1.807, 2.05) is 24.3 Å². The first-order valence-corrected chi connectivity index (χ1v) is 28.3. The fourth-order valence-corrected chi connectivity index (χ4v) is 11.6. The Balaban J connectivity index is 1.33. The average molecular weight is 1030 g/mol. The van der Waals surface area contributed by atoms with E-state index in [1.165, 1.54) is 12.3 Å². The molecule has 4 aliphatic rings. The summed E-state index contributed by atoms with van der Waals surface area (Å²) < 4.78 is 64.6. The smallest absolute Gasteiger partial charge is 0.333 e.